The molecular formula is C16H20ClNO2S. The minimum Gasteiger partial charge on any atom is -0.478 e. The fourth-order valence-corrected chi connectivity index (χ4v) is 3.58. The molecule has 5 heteroatoms. The van der Waals surface area contributed by atoms with Crippen LogP contribution in [0.15, 0.2) is 23.4 Å². The lowest BCUT2D eigenvalue weighted by Crippen LogP contribution is -2.03. The average Bonchev–Trinajstić information content (AvgIpc) is 2.96. The summed E-state index contributed by atoms with van der Waals surface area (Å²) in [5, 5.41) is 10.7. The lowest BCUT2D eigenvalue weighted by Gasteiger charge is -2.09. The number of aliphatic carboxylic acids is 1. The van der Waals surface area contributed by atoms with Crippen LogP contribution in [0.25, 0.3) is 5.57 Å². The maximum Gasteiger partial charge on any atom is 0.336 e. The third-order valence-electron chi connectivity index (χ3n) is 3.59. The third kappa shape index (κ3) is 4.48. The van der Waals surface area contributed by atoms with E-state index in [1.54, 1.807) is 24.0 Å². The molecule has 2 rings (SSSR count). The minimum atomic E-state index is -0.909. The molecule has 0 unspecified atom stereocenters. The highest BCUT2D eigenvalue weighted by atomic mass is 35.5. The number of halogens is 1. The average molecular weight is 326 g/mol. The van der Waals surface area contributed by atoms with Gasteiger partial charge in [-0.2, -0.15) is 0 Å². The molecule has 1 aliphatic carbocycles. The van der Waals surface area contributed by atoms with Crippen molar-refractivity contribution in [3.8, 4) is 0 Å². The predicted octanol–water partition coefficient (Wildman–Crippen LogP) is 4.90. The smallest absolute Gasteiger partial charge is 0.336 e. The second-order valence-corrected chi connectivity index (χ2v) is 6.78. The van der Waals surface area contributed by atoms with Crippen LogP contribution < -0.4 is 0 Å². The molecule has 0 spiro atoms. The van der Waals surface area contributed by atoms with E-state index in [9.17, 15) is 9.90 Å². The molecule has 0 radical (unpaired) electrons. The first-order valence-corrected chi connectivity index (χ1v) is 8.72. The van der Waals surface area contributed by atoms with Crippen LogP contribution in [0.5, 0.6) is 0 Å². The Kier molecular flexibility index (Phi) is 6.12. The normalized spacial score (nSPS) is 16.4. The number of carbonyl (C=O) groups is 1. The second-order valence-electron chi connectivity index (χ2n) is 5.29. The summed E-state index contributed by atoms with van der Waals surface area (Å²) in [6.07, 6.45) is 9.05. The Bertz CT molecular complexity index is 539. The summed E-state index contributed by atoms with van der Waals surface area (Å²) in [6.45, 7) is 2.10. The van der Waals surface area contributed by atoms with Crippen LogP contribution in [0.3, 0.4) is 0 Å². The summed E-state index contributed by atoms with van der Waals surface area (Å²) in [7, 11) is 0. The highest BCUT2D eigenvalue weighted by Gasteiger charge is 2.18. The molecule has 1 aromatic heterocycles. The standard InChI is InChI=1S/C16H20ClNO2S/c1-2-7-21-15-14(17)9-12(10-18-15)13(16(19)20)8-11-5-3-4-6-11/h8-11H,2-7H2,1H3,(H,19,20)/b13-8+. The number of hydrogen-bond donors (Lipinski definition) is 1. The third-order valence-corrected chi connectivity index (χ3v) is 5.21. The zero-order valence-corrected chi connectivity index (χ0v) is 13.7. The Morgan fingerprint density at radius 3 is 2.81 bits per heavy atom. The first kappa shape index (κ1) is 16.4. The highest BCUT2D eigenvalue weighted by molar-refractivity contribution is 7.99. The monoisotopic (exact) mass is 325 g/mol. The van der Waals surface area contributed by atoms with E-state index in [0.29, 0.717) is 22.1 Å². The first-order valence-electron chi connectivity index (χ1n) is 7.35. The van der Waals surface area contributed by atoms with Crippen molar-refractivity contribution in [3.63, 3.8) is 0 Å². The minimum absolute atomic E-state index is 0.323. The summed E-state index contributed by atoms with van der Waals surface area (Å²) in [4.78, 5) is 15.8. The first-order chi connectivity index (χ1) is 10.1. The van der Waals surface area contributed by atoms with Crippen molar-refractivity contribution in [2.24, 2.45) is 5.92 Å². The van der Waals surface area contributed by atoms with Gasteiger partial charge >= 0.3 is 5.97 Å². The van der Waals surface area contributed by atoms with Crippen LogP contribution in [-0.2, 0) is 4.79 Å². The molecule has 0 atom stereocenters. The van der Waals surface area contributed by atoms with Gasteiger partial charge in [-0.05, 0) is 37.0 Å². The number of rotatable bonds is 6. The van der Waals surface area contributed by atoms with Crippen molar-refractivity contribution in [1.82, 2.24) is 4.98 Å². The Morgan fingerprint density at radius 2 is 2.24 bits per heavy atom. The van der Waals surface area contributed by atoms with Gasteiger partial charge in [0.15, 0.2) is 0 Å². The number of carboxylic acid groups (broad SMARTS) is 1. The van der Waals surface area contributed by atoms with Crippen molar-refractivity contribution >= 4 is 34.9 Å². The topological polar surface area (TPSA) is 50.2 Å². The Morgan fingerprint density at radius 1 is 1.52 bits per heavy atom. The largest absolute Gasteiger partial charge is 0.478 e. The van der Waals surface area contributed by atoms with Gasteiger partial charge in [0.1, 0.15) is 5.03 Å². The zero-order chi connectivity index (χ0) is 15.2. The van der Waals surface area contributed by atoms with Gasteiger partial charge in [0.05, 0.1) is 10.6 Å². The van der Waals surface area contributed by atoms with E-state index in [1.807, 2.05) is 6.08 Å². The number of carboxylic acids is 1. The number of hydrogen-bond acceptors (Lipinski definition) is 3. The van der Waals surface area contributed by atoms with Gasteiger partial charge in [0, 0.05) is 11.8 Å². The van der Waals surface area contributed by atoms with Crippen molar-refractivity contribution in [1.29, 1.82) is 0 Å². The number of nitrogens with zero attached hydrogens (tertiary/aromatic N) is 1. The molecule has 3 nitrogen and oxygen atoms in total. The maximum atomic E-state index is 11.5. The summed E-state index contributed by atoms with van der Waals surface area (Å²) in [6, 6.07) is 1.72. The van der Waals surface area contributed by atoms with Crippen LogP contribution in [-0.4, -0.2) is 21.8 Å². The summed E-state index contributed by atoms with van der Waals surface area (Å²) in [5.41, 5.74) is 0.920. The molecule has 21 heavy (non-hydrogen) atoms. The van der Waals surface area contributed by atoms with E-state index >= 15 is 0 Å². The van der Waals surface area contributed by atoms with Crippen LogP contribution in [0.1, 0.15) is 44.6 Å². The summed E-state index contributed by atoms with van der Waals surface area (Å²) >= 11 is 7.83. The molecule has 0 bridgehead atoms. The molecule has 1 aliphatic rings. The molecule has 0 amide bonds. The summed E-state index contributed by atoms with van der Waals surface area (Å²) < 4.78 is 0. The van der Waals surface area contributed by atoms with Gasteiger partial charge in [-0.3, -0.25) is 0 Å². The predicted molar refractivity (Wildman–Crippen MR) is 87.8 cm³/mol. The van der Waals surface area contributed by atoms with Gasteiger partial charge in [-0.15, -0.1) is 11.8 Å². The molecule has 1 aromatic rings. The molecule has 114 valence electrons. The van der Waals surface area contributed by atoms with Crippen LogP contribution in [0.2, 0.25) is 5.02 Å². The van der Waals surface area contributed by atoms with Gasteiger partial charge < -0.3 is 5.11 Å². The second kappa shape index (κ2) is 7.85. The molecule has 1 N–H and O–H groups in total. The molecule has 0 aliphatic heterocycles. The molecular weight excluding hydrogens is 306 g/mol. The Balaban J connectivity index is 2.24. The van der Waals surface area contributed by atoms with Crippen molar-refractivity contribution < 1.29 is 9.90 Å². The molecule has 1 heterocycles. The maximum absolute atomic E-state index is 11.5. The Hall–Kier alpha value is -1.00. The van der Waals surface area contributed by atoms with Crippen molar-refractivity contribution in [2.45, 2.75) is 44.1 Å². The van der Waals surface area contributed by atoms with E-state index in [4.69, 9.17) is 11.6 Å². The summed E-state index contributed by atoms with van der Waals surface area (Å²) in [5.74, 6) is 0.410. The van der Waals surface area contributed by atoms with Gasteiger partial charge in [-0.25, -0.2) is 9.78 Å². The molecule has 1 fully saturated rings. The number of allylic oxidation sites excluding steroid dienone is 1. The van der Waals surface area contributed by atoms with E-state index in [2.05, 4.69) is 11.9 Å². The van der Waals surface area contributed by atoms with Gasteiger partial charge in [-0.1, -0.05) is 37.4 Å². The fraction of sp³-hybridized carbons (Fsp3) is 0.500. The van der Waals surface area contributed by atoms with Crippen LogP contribution in [0.4, 0.5) is 0 Å². The van der Waals surface area contributed by atoms with E-state index in [0.717, 1.165) is 30.0 Å². The van der Waals surface area contributed by atoms with Crippen molar-refractivity contribution in [3.05, 3.63) is 28.9 Å². The lowest BCUT2D eigenvalue weighted by atomic mass is 10.00. The van der Waals surface area contributed by atoms with Crippen LogP contribution in [0, 0.1) is 5.92 Å². The SMILES string of the molecule is CCCSc1ncc(/C(=C\C2CCCC2)C(=O)O)cc1Cl. The molecule has 0 saturated heterocycles. The van der Waals surface area contributed by atoms with Crippen LogP contribution >= 0.6 is 23.4 Å². The van der Waals surface area contributed by atoms with E-state index in [-0.39, 0.29) is 0 Å². The number of aromatic nitrogens is 1. The fourth-order valence-electron chi connectivity index (χ4n) is 2.53. The van der Waals surface area contributed by atoms with Gasteiger partial charge in [0.2, 0.25) is 0 Å². The van der Waals surface area contributed by atoms with Crippen molar-refractivity contribution in [2.75, 3.05) is 5.75 Å². The lowest BCUT2D eigenvalue weighted by molar-refractivity contribution is -0.130. The van der Waals surface area contributed by atoms with E-state index < -0.39 is 5.97 Å². The quantitative estimate of drug-likeness (QED) is 0.597. The zero-order valence-electron chi connectivity index (χ0n) is 12.1. The number of thioether (sulfide) groups is 1. The highest BCUT2D eigenvalue weighted by Crippen LogP contribution is 2.31. The molecule has 0 aromatic carbocycles. The van der Waals surface area contributed by atoms with E-state index in [1.165, 1.54) is 12.8 Å². The number of pyridine rings is 1. The van der Waals surface area contributed by atoms with Gasteiger partial charge in [0.25, 0.3) is 0 Å². The Labute approximate surface area is 134 Å². The molecule has 1 saturated carbocycles.